The van der Waals surface area contributed by atoms with Crippen LogP contribution in [0.1, 0.15) is 11.1 Å². The highest BCUT2D eigenvalue weighted by atomic mass is 32.2. The normalized spacial score (nSPS) is 11.7. The Morgan fingerprint density at radius 2 is 1.68 bits per heavy atom. The number of sulfone groups is 1. The summed E-state index contributed by atoms with van der Waals surface area (Å²) < 4.78 is 48.2. The summed E-state index contributed by atoms with van der Waals surface area (Å²) in [4.78, 5) is -0.396. The number of halogens is 1. The quantitative estimate of drug-likeness (QED) is 0.738. The predicted molar refractivity (Wildman–Crippen MR) is 92.2 cm³/mol. The van der Waals surface area contributed by atoms with Crippen LogP contribution < -0.4 is 9.47 Å². The van der Waals surface area contributed by atoms with Gasteiger partial charge in [0.15, 0.2) is 9.84 Å². The van der Waals surface area contributed by atoms with Gasteiger partial charge >= 0.3 is 0 Å². The summed E-state index contributed by atoms with van der Waals surface area (Å²) in [7, 11) is -0.938. The van der Waals surface area contributed by atoms with Gasteiger partial charge in [0.2, 0.25) is 0 Å². The maximum atomic E-state index is 12.9. The second-order valence-electron chi connectivity index (χ2n) is 5.15. The van der Waals surface area contributed by atoms with Gasteiger partial charge in [-0.25, -0.2) is 12.8 Å². The highest BCUT2D eigenvalue weighted by Gasteiger charge is 2.19. The van der Waals surface area contributed by atoms with Gasteiger partial charge in [-0.3, -0.25) is 0 Å². The van der Waals surface area contributed by atoms with E-state index in [0.29, 0.717) is 22.6 Å². The second kappa shape index (κ2) is 7.81. The molecule has 0 aliphatic rings. The average molecular weight is 361 g/mol. The van der Waals surface area contributed by atoms with Gasteiger partial charge in [0, 0.05) is 6.07 Å². The third kappa shape index (κ3) is 4.81. The molecule has 25 heavy (non-hydrogen) atoms. The van der Waals surface area contributed by atoms with Crippen molar-refractivity contribution in [3.8, 4) is 17.6 Å². The van der Waals surface area contributed by atoms with Crippen molar-refractivity contribution in [3.63, 3.8) is 0 Å². The topological polar surface area (TPSA) is 76.4 Å². The molecule has 0 aliphatic heterocycles. The van der Waals surface area contributed by atoms with E-state index in [1.165, 1.54) is 44.6 Å². The molecule has 0 atom stereocenters. The van der Waals surface area contributed by atoms with Crippen LogP contribution in [0.4, 0.5) is 4.39 Å². The minimum absolute atomic E-state index is 0.394. The molecular formula is C18H16FNO4S. The maximum Gasteiger partial charge on any atom is 0.192 e. The second-order valence-corrected chi connectivity index (χ2v) is 7.11. The number of methoxy groups -OCH3 is 2. The number of ether oxygens (including phenoxy) is 2. The van der Waals surface area contributed by atoms with Crippen LogP contribution in [-0.2, 0) is 15.6 Å². The largest absolute Gasteiger partial charge is 0.497 e. The number of hydrogen-bond acceptors (Lipinski definition) is 5. The van der Waals surface area contributed by atoms with E-state index in [1.807, 2.05) is 0 Å². The first-order valence-corrected chi connectivity index (χ1v) is 8.85. The smallest absolute Gasteiger partial charge is 0.192 e. The molecule has 5 nitrogen and oxygen atoms in total. The van der Waals surface area contributed by atoms with Crippen LogP contribution >= 0.6 is 0 Å². The van der Waals surface area contributed by atoms with Gasteiger partial charge in [-0.1, -0.05) is 12.1 Å². The Kier molecular flexibility index (Phi) is 5.78. The van der Waals surface area contributed by atoms with E-state index in [-0.39, 0.29) is 0 Å². The van der Waals surface area contributed by atoms with Gasteiger partial charge in [-0.05, 0) is 41.5 Å². The molecule has 0 heterocycles. The summed E-state index contributed by atoms with van der Waals surface area (Å²) in [6, 6.07) is 11.6. The number of nitriles is 1. The molecule has 0 saturated carbocycles. The zero-order chi connectivity index (χ0) is 18.4. The zero-order valence-corrected chi connectivity index (χ0v) is 14.5. The molecule has 0 bridgehead atoms. The summed E-state index contributed by atoms with van der Waals surface area (Å²) >= 11 is 0. The molecule has 2 aromatic rings. The molecule has 0 spiro atoms. The van der Waals surface area contributed by atoms with E-state index in [0.717, 1.165) is 0 Å². The van der Waals surface area contributed by atoms with Crippen LogP contribution in [0.25, 0.3) is 6.08 Å². The van der Waals surface area contributed by atoms with Gasteiger partial charge in [-0.15, -0.1) is 0 Å². The molecule has 2 rings (SSSR count). The lowest BCUT2D eigenvalue weighted by atomic mass is 10.2. The van der Waals surface area contributed by atoms with Gasteiger partial charge < -0.3 is 9.47 Å². The van der Waals surface area contributed by atoms with Crippen molar-refractivity contribution in [1.29, 1.82) is 5.26 Å². The van der Waals surface area contributed by atoms with Crippen LogP contribution in [0, 0.1) is 17.1 Å². The highest BCUT2D eigenvalue weighted by molar-refractivity contribution is 7.95. The van der Waals surface area contributed by atoms with Crippen molar-refractivity contribution in [3.05, 3.63) is 64.3 Å². The number of benzene rings is 2. The molecule has 0 aliphatic carbocycles. The number of rotatable bonds is 6. The first-order chi connectivity index (χ1) is 11.9. The lowest BCUT2D eigenvalue weighted by Gasteiger charge is -2.07. The third-order valence-corrected chi connectivity index (χ3v) is 4.98. The Bertz CT molecular complexity index is 906. The fourth-order valence-electron chi connectivity index (χ4n) is 2.13. The fraction of sp³-hybridized carbons (Fsp3) is 0.167. The Labute approximate surface area is 145 Å². The van der Waals surface area contributed by atoms with Crippen molar-refractivity contribution in [2.45, 2.75) is 5.75 Å². The molecule has 130 valence electrons. The van der Waals surface area contributed by atoms with Crippen LogP contribution in [0.15, 0.2) is 47.4 Å². The van der Waals surface area contributed by atoms with Crippen LogP contribution in [0.3, 0.4) is 0 Å². The Balaban J connectivity index is 2.39. The van der Waals surface area contributed by atoms with Crippen LogP contribution in [0.5, 0.6) is 11.5 Å². The molecule has 0 radical (unpaired) electrons. The van der Waals surface area contributed by atoms with Gasteiger partial charge in [0.1, 0.15) is 28.3 Å². The van der Waals surface area contributed by atoms with Crippen molar-refractivity contribution in [2.75, 3.05) is 14.2 Å². The Hall–Kier alpha value is -2.85. The average Bonchev–Trinajstić information content (AvgIpc) is 2.60. The third-order valence-electron chi connectivity index (χ3n) is 3.39. The molecule has 7 heteroatoms. The first kappa shape index (κ1) is 18.5. The van der Waals surface area contributed by atoms with Crippen LogP contribution in [-0.4, -0.2) is 22.6 Å². The molecule has 0 amide bonds. The summed E-state index contributed by atoms with van der Waals surface area (Å²) in [5.74, 6) is 0.0895. The molecule has 0 fully saturated rings. The predicted octanol–water partition coefficient (Wildman–Crippen LogP) is 3.32. The minimum atomic E-state index is -3.88. The molecule has 2 aromatic carbocycles. The molecule has 0 N–H and O–H groups in total. The summed E-state index contributed by atoms with van der Waals surface area (Å²) in [6.45, 7) is 0. The lowest BCUT2D eigenvalue weighted by Crippen LogP contribution is -2.06. The number of allylic oxidation sites excluding steroid dienone is 1. The van der Waals surface area contributed by atoms with E-state index in [9.17, 15) is 18.1 Å². The summed E-state index contributed by atoms with van der Waals surface area (Å²) in [5, 5.41) is 9.28. The van der Waals surface area contributed by atoms with Crippen molar-refractivity contribution >= 4 is 15.9 Å². The van der Waals surface area contributed by atoms with Crippen molar-refractivity contribution in [1.82, 2.24) is 0 Å². The fourth-order valence-corrected chi connectivity index (χ4v) is 3.38. The Morgan fingerprint density at radius 3 is 2.16 bits per heavy atom. The number of hydrogen-bond donors (Lipinski definition) is 0. The van der Waals surface area contributed by atoms with E-state index in [2.05, 4.69) is 0 Å². The van der Waals surface area contributed by atoms with Gasteiger partial charge in [-0.2, -0.15) is 5.26 Å². The number of nitrogens with zero attached hydrogens (tertiary/aromatic N) is 1. The minimum Gasteiger partial charge on any atom is -0.497 e. The van der Waals surface area contributed by atoms with Crippen molar-refractivity contribution < 1.29 is 22.3 Å². The van der Waals surface area contributed by atoms with Gasteiger partial charge in [0.05, 0.1) is 20.0 Å². The molecule has 0 saturated heterocycles. The molecule has 0 aromatic heterocycles. The summed E-state index contributed by atoms with van der Waals surface area (Å²) in [5.41, 5.74) is 0.848. The van der Waals surface area contributed by atoms with E-state index in [1.54, 1.807) is 24.3 Å². The monoisotopic (exact) mass is 361 g/mol. The highest BCUT2D eigenvalue weighted by Crippen LogP contribution is 2.25. The SMILES string of the molecule is COc1cc(/C=C(/C#N)S(=O)(=O)Cc2ccc(F)cc2)cc(OC)c1. The molecule has 0 unspecified atom stereocenters. The lowest BCUT2D eigenvalue weighted by molar-refractivity contribution is 0.394. The first-order valence-electron chi connectivity index (χ1n) is 7.20. The van der Waals surface area contributed by atoms with Crippen molar-refractivity contribution in [2.24, 2.45) is 0 Å². The van der Waals surface area contributed by atoms with Gasteiger partial charge in [0.25, 0.3) is 0 Å². The Morgan fingerprint density at radius 1 is 1.12 bits per heavy atom. The van der Waals surface area contributed by atoms with Crippen LogP contribution in [0.2, 0.25) is 0 Å². The summed E-state index contributed by atoms with van der Waals surface area (Å²) in [6.07, 6.45) is 1.25. The maximum absolute atomic E-state index is 12.9. The zero-order valence-electron chi connectivity index (χ0n) is 13.7. The van der Waals surface area contributed by atoms with E-state index in [4.69, 9.17) is 9.47 Å². The molecular weight excluding hydrogens is 345 g/mol. The van der Waals surface area contributed by atoms with E-state index >= 15 is 0 Å². The van der Waals surface area contributed by atoms with E-state index < -0.39 is 26.3 Å². The standard InChI is InChI=1S/C18H16FNO4S/c1-23-16-7-14(8-17(10-16)24-2)9-18(11-20)25(21,22)12-13-3-5-15(19)6-4-13/h3-10H,12H2,1-2H3/b18-9-.